The Morgan fingerprint density at radius 1 is 1.80 bits per heavy atom. The smallest absolute Gasteiger partial charge is 0.239 e. The Hall–Kier alpha value is -1.14. The maximum atomic E-state index is 11.5. The van der Waals surface area contributed by atoms with Crippen LogP contribution in [0, 0.1) is 0 Å². The zero-order valence-electron chi connectivity index (χ0n) is 9.03. The molecule has 1 fully saturated rings. The van der Waals surface area contributed by atoms with Crippen molar-refractivity contribution in [3.8, 4) is 0 Å². The lowest BCUT2D eigenvalue weighted by atomic mass is 10.2. The van der Waals surface area contributed by atoms with Crippen molar-refractivity contribution in [3.05, 3.63) is 0 Å². The zero-order chi connectivity index (χ0) is 11.4. The number of nitrogens with two attached hydrogens (primary N) is 1. The van der Waals surface area contributed by atoms with Crippen LogP contribution in [-0.4, -0.2) is 56.1 Å². The van der Waals surface area contributed by atoms with Crippen LogP contribution in [-0.2, 0) is 14.3 Å². The second-order valence-corrected chi connectivity index (χ2v) is 3.75. The number of hydrogen-bond acceptors (Lipinski definition) is 4. The minimum absolute atomic E-state index is 0.0422. The van der Waals surface area contributed by atoms with Gasteiger partial charge in [-0.1, -0.05) is 0 Å². The van der Waals surface area contributed by atoms with Crippen molar-refractivity contribution in [2.45, 2.75) is 18.5 Å². The highest BCUT2D eigenvalue weighted by Gasteiger charge is 2.28. The summed E-state index contributed by atoms with van der Waals surface area (Å²) in [6.45, 7) is 0.729. The number of carbonyl (C=O) groups excluding carboxylic acids is 2. The van der Waals surface area contributed by atoms with Gasteiger partial charge in [-0.3, -0.25) is 9.59 Å². The highest BCUT2D eigenvalue weighted by atomic mass is 16.5. The number of rotatable bonds is 4. The Kier molecular flexibility index (Phi) is 4.05. The second kappa shape index (κ2) is 5.09. The Morgan fingerprint density at radius 3 is 2.93 bits per heavy atom. The Bertz CT molecular complexity index is 257. The monoisotopic (exact) mass is 215 g/mol. The first-order valence-corrected chi connectivity index (χ1v) is 4.83. The first-order chi connectivity index (χ1) is 7.04. The highest BCUT2D eigenvalue weighted by Crippen LogP contribution is 2.08. The van der Waals surface area contributed by atoms with Gasteiger partial charge < -0.3 is 20.7 Å². The summed E-state index contributed by atoms with van der Waals surface area (Å²) in [4.78, 5) is 24.2. The van der Waals surface area contributed by atoms with Gasteiger partial charge in [0.1, 0.15) is 6.04 Å². The lowest BCUT2D eigenvalue weighted by molar-refractivity contribution is -0.126. The topological polar surface area (TPSA) is 84.7 Å². The van der Waals surface area contributed by atoms with E-state index in [1.54, 1.807) is 11.9 Å². The summed E-state index contributed by atoms with van der Waals surface area (Å²) in [5, 5.41) is 2.72. The van der Waals surface area contributed by atoms with Crippen LogP contribution in [0.5, 0.6) is 0 Å². The summed E-state index contributed by atoms with van der Waals surface area (Å²) < 4.78 is 4.77. The molecule has 1 aliphatic heterocycles. The van der Waals surface area contributed by atoms with Crippen LogP contribution in [0.3, 0.4) is 0 Å². The molecule has 0 radical (unpaired) electrons. The van der Waals surface area contributed by atoms with Gasteiger partial charge in [0.2, 0.25) is 11.8 Å². The largest absolute Gasteiger partial charge is 0.383 e. The normalized spacial score (nSPS) is 23.0. The number of amides is 2. The molecule has 0 spiro atoms. The molecule has 86 valence electrons. The predicted octanol–water partition coefficient (Wildman–Crippen LogP) is -1.69. The van der Waals surface area contributed by atoms with Gasteiger partial charge in [0.25, 0.3) is 0 Å². The minimum Gasteiger partial charge on any atom is -0.383 e. The minimum atomic E-state index is -0.670. The van der Waals surface area contributed by atoms with Crippen LogP contribution < -0.4 is 11.1 Å². The van der Waals surface area contributed by atoms with Crippen LogP contribution in [0.1, 0.15) is 6.42 Å². The lowest BCUT2D eigenvalue weighted by Gasteiger charge is -2.15. The molecule has 2 unspecified atom stereocenters. The number of likely N-dealkylation sites (N-methyl/N-ethyl adjacent to an activating group) is 1. The van der Waals surface area contributed by atoms with E-state index in [1.165, 1.54) is 7.11 Å². The third kappa shape index (κ3) is 3.17. The number of carbonyl (C=O) groups is 2. The van der Waals surface area contributed by atoms with Crippen molar-refractivity contribution >= 4 is 11.8 Å². The van der Waals surface area contributed by atoms with E-state index in [4.69, 9.17) is 10.5 Å². The molecule has 1 saturated heterocycles. The zero-order valence-corrected chi connectivity index (χ0v) is 9.03. The average molecular weight is 215 g/mol. The third-order valence-electron chi connectivity index (χ3n) is 2.37. The number of hydrogen-bond donors (Lipinski definition) is 2. The molecule has 6 heteroatoms. The molecule has 6 nitrogen and oxygen atoms in total. The van der Waals surface area contributed by atoms with Gasteiger partial charge in [-0.05, 0) is 0 Å². The summed E-state index contributed by atoms with van der Waals surface area (Å²) in [5.74, 6) is -0.231. The van der Waals surface area contributed by atoms with Crippen molar-refractivity contribution < 1.29 is 14.3 Å². The Labute approximate surface area is 88.7 Å². The van der Waals surface area contributed by atoms with Gasteiger partial charge in [0.05, 0.1) is 12.6 Å². The lowest BCUT2D eigenvalue weighted by Crippen LogP contribution is -2.48. The van der Waals surface area contributed by atoms with Gasteiger partial charge in [-0.15, -0.1) is 0 Å². The van der Waals surface area contributed by atoms with E-state index in [2.05, 4.69) is 5.32 Å². The molecule has 0 saturated carbocycles. The van der Waals surface area contributed by atoms with Gasteiger partial charge >= 0.3 is 0 Å². The highest BCUT2D eigenvalue weighted by molar-refractivity contribution is 5.84. The summed E-state index contributed by atoms with van der Waals surface area (Å²) in [6.07, 6.45) is 0.349. The van der Waals surface area contributed by atoms with Crippen molar-refractivity contribution in [2.24, 2.45) is 5.73 Å². The molecular formula is C9H17N3O3. The standard InChI is InChI=1S/C9H17N3O3/c1-12-4-6(3-8(12)13)11-9(14)7(10)5-15-2/h6-7H,3-5,10H2,1-2H3,(H,11,14). The fraction of sp³-hybridized carbons (Fsp3) is 0.778. The first kappa shape index (κ1) is 11.9. The van der Waals surface area contributed by atoms with E-state index in [0.717, 1.165) is 0 Å². The number of nitrogens with zero attached hydrogens (tertiary/aromatic N) is 1. The van der Waals surface area contributed by atoms with Crippen molar-refractivity contribution in [1.29, 1.82) is 0 Å². The van der Waals surface area contributed by atoms with Crippen molar-refractivity contribution in [1.82, 2.24) is 10.2 Å². The quantitative estimate of drug-likeness (QED) is 0.586. The predicted molar refractivity (Wildman–Crippen MR) is 54.0 cm³/mol. The number of nitrogens with one attached hydrogen (secondary N) is 1. The third-order valence-corrected chi connectivity index (χ3v) is 2.37. The maximum Gasteiger partial charge on any atom is 0.239 e. The van der Waals surface area contributed by atoms with E-state index in [0.29, 0.717) is 13.0 Å². The molecule has 0 aromatic rings. The molecule has 2 atom stereocenters. The van der Waals surface area contributed by atoms with Gasteiger partial charge in [-0.2, -0.15) is 0 Å². The average Bonchev–Trinajstić information content (AvgIpc) is 2.46. The summed E-state index contributed by atoms with van der Waals surface area (Å²) >= 11 is 0. The molecular weight excluding hydrogens is 198 g/mol. The molecule has 1 aliphatic rings. The molecule has 1 rings (SSSR count). The van der Waals surface area contributed by atoms with E-state index in [1.807, 2.05) is 0 Å². The van der Waals surface area contributed by atoms with Crippen LogP contribution in [0.25, 0.3) is 0 Å². The second-order valence-electron chi connectivity index (χ2n) is 3.75. The van der Waals surface area contributed by atoms with Crippen LogP contribution in [0.4, 0.5) is 0 Å². The molecule has 15 heavy (non-hydrogen) atoms. The molecule has 0 bridgehead atoms. The Balaban J connectivity index is 2.36. The molecule has 0 aromatic heterocycles. The van der Waals surface area contributed by atoms with E-state index < -0.39 is 6.04 Å². The fourth-order valence-corrected chi connectivity index (χ4v) is 1.52. The van der Waals surface area contributed by atoms with Gasteiger partial charge in [0.15, 0.2) is 0 Å². The summed E-state index contributed by atoms with van der Waals surface area (Å²) in [6, 6.07) is -0.797. The van der Waals surface area contributed by atoms with E-state index >= 15 is 0 Å². The van der Waals surface area contributed by atoms with Gasteiger partial charge in [0, 0.05) is 27.1 Å². The number of methoxy groups -OCH3 is 1. The van der Waals surface area contributed by atoms with Crippen LogP contribution in [0.2, 0.25) is 0 Å². The van der Waals surface area contributed by atoms with Crippen LogP contribution in [0.15, 0.2) is 0 Å². The summed E-state index contributed by atoms with van der Waals surface area (Å²) in [5.41, 5.74) is 5.54. The fourth-order valence-electron chi connectivity index (χ4n) is 1.52. The number of likely N-dealkylation sites (tertiary alicyclic amines) is 1. The number of ether oxygens (including phenoxy) is 1. The Morgan fingerprint density at radius 2 is 2.47 bits per heavy atom. The van der Waals surface area contributed by atoms with Gasteiger partial charge in [-0.25, -0.2) is 0 Å². The SMILES string of the molecule is COCC(N)C(=O)NC1CC(=O)N(C)C1. The molecule has 2 amide bonds. The maximum absolute atomic E-state index is 11.5. The van der Waals surface area contributed by atoms with Crippen molar-refractivity contribution in [2.75, 3.05) is 27.3 Å². The van der Waals surface area contributed by atoms with E-state index in [-0.39, 0.29) is 24.5 Å². The summed E-state index contributed by atoms with van der Waals surface area (Å²) in [7, 11) is 3.20. The van der Waals surface area contributed by atoms with Crippen LogP contribution >= 0.6 is 0 Å². The molecule has 0 aliphatic carbocycles. The molecule has 0 aromatic carbocycles. The first-order valence-electron chi connectivity index (χ1n) is 4.83. The molecule has 1 heterocycles. The van der Waals surface area contributed by atoms with E-state index in [9.17, 15) is 9.59 Å². The van der Waals surface area contributed by atoms with Crippen molar-refractivity contribution in [3.63, 3.8) is 0 Å². The molecule has 3 N–H and O–H groups in total.